The largest absolute Gasteiger partial charge is 0.388 e. The van der Waals surface area contributed by atoms with Crippen LogP contribution in [0.25, 0.3) is 10.2 Å². The predicted octanol–water partition coefficient (Wildman–Crippen LogP) is 1.87. The summed E-state index contributed by atoms with van der Waals surface area (Å²) in [6.45, 7) is 2.85. The molecule has 2 heterocycles. The summed E-state index contributed by atoms with van der Waals surface area (Å²) >= 11 is 1.38. The first-order chi connectivity index (χ1) is 9.44. The number of thiazole rings is 1. The molecule has 0 spiro atoms. The van der Waals surface area contributed by atoms with E-state index < -0.39 is 5.60 Å². The first-order valence-electron chi connectivity index (χ1n) is 6.62. The molecule has 0 bridgehead atoms. The minimum Gasteiger partial charge on any atom is -0.388 e. The highest BCUT2D eigenvalue weighted by Crippen LogP contribution is 2.26. The van der Waals surface area contributed by atoms with Gasteiger partial charge in [0.1, 0.15) is 0 Å². The van der Waals surface area contributed by atoms with Crippen molar-refractivity contribution in [2.24, 2.45) is 0 Å². The Bertz CT molecular complexity index is 665. The van der Waals surface area contributed by atoms with E-state index in [0.29, 0.717) is 23.8 Å². The van der Waals surface area contributed by atoms with Gasteiger partial charge in [-0.1, -0.05) is 11.3 Å². The Morgan fingerprint density at radius 1 is 1.55 bits per heavy atom. The number of nitrogens with two attached hydrogens (primary N) is 1. The molecule has 2 aromatic rings. The van der Waals surface area contributed by atoms with Crippen LogP contribution in [0.4, 0.5) is 5.13 Å². The summed E-state index contributed by atoms with van der Waals surface area (Å²) in [5.74, 6) is -0.0427. The number of anilines is 1. The van der Waals surface area contributed by atoms with Crippen LogP contribution in [0, 0.1) is 0 Å². The number of hydrogen-bond acceptors (Lipinski definition) is 5. The molecule has 106 valence electrons. The lowest BCUT2D eigenvalue weighted by Crippen LogP contribution is -2.48. The first kappa shape index (κ1) is 13.3. The molecule has 6 heteroatoms. The molecular formula is C14H17N3O2S. The summed E-state index contributed by atoms with van der Waals surface area (Å²) in [5, 5.41) is 10.6. The van der Waals surface area contributed by atoms with Crippen LogP contribution in [0.5, 0.6) is 0 Å². The van der Waals surface area contributed by atoms with Gasteiger partial charge in [-0.25, -0.2) is 4.98 Å². The average molecular weight is 291 g/mol. The van der Waals surface area contributed by atoms with E-state index in [2.05, 4.69) is 4.98 Å². The van der Waals surface area contributed by atoms with Crippen LogP contribution in [0.1, 0.15) is 30.1 Å². The Kier molecular flexibility index (Phi) is 3.14. The molecule has 20 heavy (non-hydrogen) atoms. The lowest BCUT2D eigenvalue weighted by atomic mass is 9.94. The molecule has 1 fully saturated rings. The van der Waals surface area contributed by atoms with Crippen LogP contribution in [-0.4, -0.2) is 39.6 Å². The number of carbonyl (C=O) groups is 1. The third-order valence-corrected chi connectivity index (χ3v) is 4.46. The Morgan fingerprint density at radius 3 is 3.10 bits per heavy atom. The van der Waals surface area contributed by atoms with Crippen LogP contribution in [0.3, 0.4) is 0 Å². The Morgan fingerprint density at radius 2 is 2.35 bits per heavy atom. The van der Waals surface area contributed by atoms with Gasteiger partial charge in [0.05, 0.1) is 15.8 Å². The second kappa shape index (κ2) is 4.71. The Hall–Kier alpha value is -1.66. The number of aromatic nitrogens is 1. The lowest BCUT2D eigenvalue weighted by molar-refractivity contribution is -0.0107. The van der Waals surface area contributed by atoms with Gasteiger partial charge in [0, 0.05) is 18.7 Å². The summed E-state index contributed by atoms with van der Waals surface area (Å²) in [6.07, 6.45) is 1.57. The molecule has 1 atom stereocenters. The normalized spacial score (nSPS) is 23.2. The zero-order valence-electron chi connectivity index (χ0n) is 11.3. The van der Waals surface area contributed by atoms with Crippen molar-refractivity contribution in [1.82, 2.24) is 9.88 Å². The van der Waals surface area contributed by atoms with Gasteiger partial charge in [0.15, 0.2) is 5.13 Å². The highest BCUT2D eigenvalue weighted by molar-refractivity contribution is 7.22. The topological polar surface area (TPSA) is 79.5 Å². The fraction of sp³-hybridized carbons (Fsp3) is 0.429. The lowest BCUT2D eigenvalue weighted by Gasteiger charge is -2.36. The van der Waals surface area contributed by atoms with Crippen LogP contribution in [0.2, 0.25) is 0 Å². The van der Waals surface area contributed by atoms with Crippen molar-refractivity contribution in [2.75, 3.05) is 18.8 Å². The third-order valence-electron chi connectivity index (χ3n) is 3.61. The number of hydrogen-bond donors (Lipinski definition) is 2. The molecule has 1 saturated heterocycles. The van der Waals surface area contributed by atoms with E-state index in [1.807, 2.05) is 12.1 Å². The number of nitrogens with zero attached hydrogens (tertiary/aromatic N) is 2. The molecule has 1 aliphatic heterocycles. The monoisotopic (exact) mass is 291 g/mol. The number of likely N-dealkylation sites (tertiary alicyclic amines) is 1. The van der Waals surface area contributed by atoms with E-state index >= 15 is 0 Å². The Labute approximate surface area is 121 Å². The van der Waals surface area contributed by atoms with E-state index in [-0.39, 0.29) is 5.91 Å². The zero-order valence-corrected chi connectivity index (χ0v) is 12.1. The molecule has 5 nitrogen and oxygen atoms in total. The van der Waals surface area contributed by atoms with E-state index in [9.17, 15) is 9.90 Å². The maximum Gasteiger partial charge on any atom is 0.254 e. The number of piperidine rings is 1. The van der Waals surface area contributed by atoms with Gasteiger partial charge in [-0.05, 0) is 38.0 Å². The van der Waals surface area contributed by atoms with Gasteiger partial charge in [-0.15, -0.1) is 0 Å². The predicted molar refractivity (Wildman–Crippen MR) is 79.8 cm³/mol. The smallest absolute Gasteiger partial charge is 0.254 e. The van der Waals surface area contributed by atoms with Crippen LogP contribution >= 0.6 is 11.3 Å². The van der Waals surface area contributed by atoms with Gasteiger partial charge in [-0.3, -0.25) is 4.79 Å². The van der Waals surface area contributed by atoms with E-state index in [0.717, 1.165) is 23.1 Å². The number of fused-ring (bicyclic) bond motifs is 1. The van der Waals surface area contributed by atoms with Gasteiger partial charge in [0.2, 0.25) is 0 Å². The number of amides is 1. The van der Waals surface area contributed by atoms with Crippen molar-refractivity contribution in [2.45, 2.75) is 25.4 Å². The maximum atomic E-state index is 12.5. The van der Waals surface area contributed by atoms with Crippen molar-refractivity contribution in [3.05, 3.63) is 23.8 Å². The van der Waals surface area contributed by atoms with Crippen molar-refractivity contribution in [3.8, 4) is 0 Å². The fourth-order valence-electron chi connectivity index (χ4n) is 2.65. The van der Waals surface area contributed by atoms with Gasteiger partial charge < -0.3 is 15.7 Å². The van der Waals surface area contributed by atoms with E-state index in [1.54, 1.807) is 17.9 Å². The number of benzene rings is 1. The number of β-amino-alcohol motifs (C(OH)–C–C–N with tert-alkyl or cyclic N) is 1. The fourth-order valence-corrected chi connectivity index (χ4v) is 3.42. The molecule has 0 radical (unpaired) electrons. The number of aliphatic hydroxyl groups is 1. The highest BCUT2D eigenvalue weighted by Gasteiger charge is 2.31. The number of nitrogen functional groups attached to an aromatic ring is 1. The molecule has 1 aliphatic rings. The molecule has 1 aromatic carbocycles. The van der Waals surface area contributed by atoms with Crippen LogP contribution < -0.4 is 5.73 Å². The number of rotatable bonds is 1. The van der Waals surface area contributed by atoms with Crippen molar-refractivity contribution < 1.29 is 9.90 Å². The summed E-state index contributed by atoms with van der Waals surface area (Å²) < 4.78 is 0.914. The standard InChI is InChI=1S/C14H17N3O2S/c1-14(19)5-2-6-17(8-14)12(18)9-3-4-10-11(7-9)20-13(15)16-10/h3-4,7,19H,2,5-6,8H2,1H3,(H2,15,16). The number of carbonyl (C=O) groups excluding carboxylic acids is 1. The maximum absolute atomic E-state index is 12.5. The quantitative estimate of drug-likeness (QED) is 0.840. The van der Waals surface area contributed by atoms with E-state index in [1.165, 1.54) is 11.3 Å². The third kappa shape index (κ3) is 2.48. The molecular weight excluding hydrogens is 274 g/mol. The molecule has 1 aromatic heterocycles. The molecule has 1 unspecified atom stereocenters. The van der Waals surface area contributed by atoms with Crippen molar-refractivity contribution >= 4 is 32.6 Å². The molecule has 1 amide bonds. The Balaban J connectivity index is 1.88. The zero-order chi connectivity index (χ0) is 14.3. The summed E-state index contributed by atoms with van der Waals surface area (Å²) in [7, 11) is 0. The minimum atomic E-state index is -0.785. The molecule has 3 rings (SSSR count). The highest BCUT2D eigenvalue weighted by atomic mass is 32.1. The van der Waals surface area contributed by atoms with Gasteiger partial charge in [-0.2, -0.15) is 0 Å². The van der Waals surface area contributed by atoms with Gasteiger partial charge in [0.25, 0.3) is 5.91 Å². The summed E-state index contributed by atoms with van der Waals surface area (Å²) in [6, 6.07) is 5.42. The summed E-state index contributed by atoms with van der Waals surface area (Å²) in [4.78, 5) is 18.4. The molecule has 3 N–H and O–H groups in total. The average Bonchev–Trinajstić information content (AvgIpc) is 2.75. The minimum absolute atomic E-state index is 0.0427. The first-order valence-corrected chi connectivity index (χ1v) is 7.44. The van der Waals surface area contributed by atoms with E-state index in [4.69, 9.17) is 5.73 Å². The molecule has 0 saturated carbocycles. The molecule has 0 aliphatic carbocycles. The van der Waals surface area contributed by atoms with Crippen LogP contribution in [-0.2, 0) is 0 Å². The SMILES string of the molecule is CC1(O)CCCN(C(=O)c2ccc3nc(N)sc3c2)C1. The van der Waals surface area contributed by atoms with Crippen molar-refractivity contribution in [1.29, 1.82) is 0 Å². The van der Waals surface area contributed by atoms with Gasteiger partial charge >= 0.3 is 0 Å². The second-order valence-electron chi connectivity index (χ2n) is 5.56. The van der Waals surface area contributed by atoms with Crippen LogP contribution in [0.15, 0.2) is 18.2 Å². The van der Waals surface area contributed by atoms with Crippen molar-refractivity contribution in [3.63, 3.8) is 0 Å². The second-order valence-corrected chi connectivity index (χ2v) is 6.62. The summed E-state index contributed by atoms with van der Waals surface area (Å²) in [5.41, 5.74) is 6.33.